The Hall–Kier alpha value is -3.57. The third-order valence-corrected chi connectivity index (χ3v) is 8.25. The monoisotopic (exact) mass is 670 g/mol. The number of esters is 3. The Labute approximate surface area is 268 Å². The van der Waals surface area contributed by atoms with Gasteiger partial charge in [-0.25, -0.2) is 4.79 Å². The second-order valence-electron chi connectivity index (χ2n) is 12.9. The zero-order valence-corrected chi connectivity index (χ0v) is 26.0. The quantitative estimate of drug-likeness (QED) is 0.201. The molecule has 0 unspecified atom stereocenters. The van der Waals surface area contributed by atoms with Crippen LogP contribution in [0.3, 0.4) is 0 Å². The molecule has 2 N–H and O–H groups in total. The average Bonchev–Trinajstić information content (AvgIpc) is 3.61. The minimum atomic E-state index is -4.65. The largest absolute Gasteiger partial charge is 0.460 e. The van der Waals surface area contributed by atoms with Crippen LogP contribution in [0.15, 0.2) is 30.3 Å². The first-order valence-corrected chi connectivity index (χ1v) is 15.1. The summed E-state index contributed by atoms with van der Waals surface area (Å²) in [6.07, 6.45) is -5.64. The Balaban J connectivity index is 1.35. The van der Waals surface area contributed by atoms with E-state index in [1.165, 1.54) is 11.1 Å². The maximum atomic E-state index is 14.2. The molecule has 47 heavy (non-hydrogen) atoms. The van der Waals surface area contributed by atoms with Gasteiger partial charge in [0.15, 0.2) is 12.6 Å². The first-order chi connectivity index (χ1) is 22.1. The Morgan fingerprint density at radius 1 is 1.19 bits per heavy atom. The molecule has 7 atom stereocenters. The molecule has 1 aromatic rings. The summed E-state index contributed by atoms with van der Waals surface area (Å²) >= 11 is 0. The highest BCUT2D eigenvalue weighted by Crippen LogP contribution is 2.55. The fourth-order valence-electron chi connectivity index (χ4n) is 6.39. The molecule has 16 heteroatoms. The highest BCUT2D eigenvalue weighted by atomic mass is 19.4. The number of alkyl halides is 3. The van der Waals surface area contributed by atoms with Gasteiger partial charge in [0.1, 0.15) is 42.2 Å². The lowest BCUT2D eigenvalue weighted by molar-refractivity contribution is -0.201. The lowest BCUT2D eigenvalue weighted by Gasteiger charge is -2.49. The average molecular weight is 671 g/mol. The number of benzene rings is 1. The van der Waals surface area contributed by atoms with Crippen LogP contribution in [-0.4, -0.2) is 102 Å². The smallest absolute Gasteiger partial charge is 0.422 e. The minimum absolute atomic E-state index is 0.0313. The van der Waals surface area contributed by atoms with Crippen molar-refractivity contribution in [2.24, 2.45) is 5.41 Å². The number of aliphatic hydroxyl groups is 1. The van der Waals surface area contributed by atoms with Crippen molar-refractivity contribution in [2.75, 3.05) is 20.0 Å². The van der Waals surface area contributed by atoms with Gasteiger partial charge in [0, 0.05) is 18.9 Å². The molecule has 3 heterocycles. The van der Waals surface area contributed by atoms with Crippen LogP contribution in [0.25, 0.3) is 6.08 Å². The van der Waals surface area contributed by atoms with E-state index in [9.17, 15) is 37.5 Å². The van der Waals surface area contributed by atoms with E-state index in [0.29, 0.717) is 11.1 Å². The lowest BCUT2D eigenvalue weighted by Crippen LogP contribution is -2.70. The van der Waals surface area contributed by atoms with Gasteiger partial charge in [-0.3, -0.25) is 19.2 Å². The number of rotatable bonds is 11. The molecular formula is C31H37F3N2O11. The molecule has 13 nitrogen and oxygen atoms in total. The molecule has 4 fully saturated rings. The number of carbonyl (C=O) groups is 4. The van der Waals surface area contributed by atoms with Gasteiger partial charge in [0.25, 0.3) is 0 Å². The van der Waals surface area contributed by atoms with Crippen molar-refractivity contribution in [3.8, 4) is 0 Å². The summed E-state index contributed by atoms with van der Waals surface area (Å²) in [5, 5.41) is 14.2. The number of halogens is 3. The molecule has 4 aliphatic rings. The Bertz CT molecular complexity index is 1400. The summed E-state index contributed by atoms with van der Waals surface area (Å²) in [7, 11) is 0. The van der Waals surface area contributed by atoms with Gasteiger partial charge in [-0.2, -0.15) is 18.2 Å². The fourth-order valence-corrected chi connectivity index (χ4v) is 6.39. The maximum absolute atomic E-state index is 14.2. The van der Waals surface area contributed by atoms with Gasteiger partial charge in [-0.15, -0.1) is 0 Å². The molecule has 3 aliphatic heterocycles. The zero-order chi connectivity index (χ0) is 34.1. The number of amides is 1. The standard InChI is InChI=1S/C31H37F3N2O11/c1-29(2,3)46-22(39)10-8-19(14-37)35-28(41)30-12-20-23-24(44-16-43-23)26(30)47-36(25(30)27(40)45-20)13-18-6-4-5-17(11-18)7-9-21(38)42-15-31(32,33)34/h4-7,9,11,19-20,23-26,37H,8,10,12-16H2,1-3H3,(H,35,41)/t19-,20+,23-,24-,25-,26+,30-/m0/s1. The van der Waals surface area contributed by atoms with Gasteiger partial charge in [-0.05, 0) is 44.4 Å². The molecule has 1 aliphatic carbocycles. The van der Waals surface area contributed by atoms with Crippen molar-refractivity contribution < 1.29 is 66.0 Å². The molecule has 1 amide bonds. The number of hydroxylamine groups is 2. The predicted octanol–water partition coefficient (Wildman–Crippen LogP) is 1.95. The van der Waals surface area contributed by atoms with E-state index < -0.39 is 90.7 Å². The second kappa shape index (κ2) is 13.5. The van der Waals surface area contributed by atoms with Crippen molar-refractivity contribution in [3.63, 3.8) is 0 Å². The first kappa shape index (κ1) is 34.8. The van der Waals surface area contributed by atoms with Crippen LogP contribution in [0.1, 0.15) is 51.2 Å². The third kappa shape index (κ3) is 7.78. The van der Waals surface area contributed by atoms with Crippen molar-refractivity contribution in [1.29, 1.82) is 0 Å². The van der Waals surface area contributed by atoms with Crippen LogP contribution in [-0.2, 0) is 54.2 Å². The molecule has 1 aromatic carbocycles. The van der Waals surface area contributed by atoms with Crippen LogP contribution < -0.4 is 5.32 Å². The molecule has 2 bridgehead atoms. The molecular weight excluding hydrogens is 633 g/mol. The van der Waals surface area contributed by atoms with Gasteiger partial charge < -0.3 is 34.1 Å². The molecule has 0 aromatic heterocycles. The summed E-state index contributed by atoms with van der Waals surface area (Å²) in [4.78, 5) is 58.1. The van der Waals surface area contributed by atoms with E-state index in [2.05, 4.69) is 10.1 Å². The molecule has 0 radical (unpaired) electrons. The third-order valence-electron chi connectivity index (χ3n) is 8.25. The number of ether oxygens (including phenoxy) is 5. The first-order valence-electron chi connectivity index (χ1n) is 15.1. The number of nitrogens with one attached hydrogen (secondary N) is 1. The maximum Gasteiger partial charge on any atom is 0.422 e. The Morgan fingerprint density at radius 2 is 1.94 bits per heavy atom. The van der Waals surface area contributed by atoms with Gasteiger partial charge in [0.05, 0.1) is 19.2 Å². The Kier molecular flexibility index (Phi) is 9.99. The summed E-state index contributed by atoms with van der Waals surface area (Å²) < 4.78 is 63.8. The van der Waals surface area contributed by atoms with Crippen molar-refractivity contribution in [3.05, 3.63) is 41.5 Å². The van der Waals surface area contributed by atoms with Gasteiger partial charge >= 0.3 is 24.1 Å². The molecule has 3 saturated heterocycles. The van der Waals surface area contributed by atoms with E-state index in [4.69, 9.17) is 23.8 Å². The molecule has 5 rings (SSSR count). The number of nitrogens with zero attached hydrogens (tertiary/aromatic N) is 1. The van der Waals surface area contributed by atoms with Crippen molar-refractivity contribution in [2.45, 2.75) is 94.9 Å². The lowest BCUT2D eigenvalue weighted by atomic mass is 9.62. The normalized spacial score (nSPS) is 29.3. The summed E-state index contributed by atoms with van der Waals surface area (Å²) in [5.41, 5.74) is -1.18. The number of carbonyl (C=O) groups excluding carboxylic acids is 4. The van der Waals surface area contributed by atoms with Crippen LogP contribution in [0, 0.1) is 5.41 Å². The highest BCUT2D eigenvalue weighted by molar-refractivity contribution is 5.94. The fraction of sp³-hybridized carbons (Fsp3) is 0.613. The van der Waals surface area contributed by atoms with E-state index in [-0.39, 0.29) is 32.6 Å². The molecule has 0 spiro atoms. The number of fused-ring (bicyclic) bond motifs is 4. The summed E-state index contributed by atoms with van der Waals surface area (Å²) in [6, 6.07) is 4.51. The van der Waals surface area contributed by atoms with Crippen molar-refractivity contribution in [1.82, 2.24) is 10.4 Å². The van der Waals surface area contributed by atoms with Crippen LogP contribution >= 0.6 is 0 Å². The second-order valence-corrected chi connectivity index (χ2v) is 12.9. The van der Waals surface area contributed by atoms with Gasteiger partial charge in [-0.1, -0.05) is 24.3 Å². The van der Waals surface area contributed by atoms with Crippen LogP contribution in [0.2, 0.25) is 0 Å². The summed E-state index contributed by atoms with van der Waals surface area (Å²) in [5.74, 6) is -2.97. The minimum Gasteiger partial charge on any atom is -0.460 e. The van der Waals surface area contributed by atoms with Crippen LogP contribution in [0.4, 0.5) is 13.2 Å². The topological polar surface area (TPSA) is 159 Å². The van der Waals surface area contributed by atoms with Gasteiger partial charge in [0.2, 0.25) is 5.91 Å². The summed E-state index contributed by atoms with van der Waals surface area (Å²) in [6.45, 7) is 2.87. The SMILES string of the molecule is CC(C)(C)OC(=O)CC[C@@H](CO)NC(=O)[C@@]12C[C@H]3OC(=O)[C@@H]1N(Cc1cccc(C=CC(=O)OCC(F)(F)F)c1)O[C@@H]2[C@H]1OCO[C@H]13. The van der Waals surface area contributed by atoms with Crippen molar-refractivity contribution >= 4 is 29.9 Å². The highest BCUT2D eigenvalue weighted by Gasteiger charge is 2.74. The zero-order valence-electron chi connectivity index (χ0n) is 26.0. The number of hydrogen-bond acceptors (Lipinski definition) is 12. The van der Waals surface area contributed by atoms with E-state index in [1.807, 2.05) is 0 Å². The Morgan fingerprint density at radius 3 is 2.64 bits per heavy atom. The van der Waals surface area contributed by atoms with E-state index in [0.717, 1.165) is 6.08 Å². The number of hydrogen-bond donors (Lipinski definition) is 2. The van der Waals surface area contributed by atoms with Crippen LogP contribution in [0.5, 0.6) is 0 Å². The predicted molar refractivity (Wildman–Crippen MR) is 152 cm³/mol. The molecule has 1 saturated carbocycles. The van der Waals surface area contributed by atoms with E-state index >= 15 is 0 Å². The van der Waals surface area contributed by atoms with E-state index in [1.54, 1.807) is 45.0 Å². The number of aliphatic hydroxyl groups excluding tert-OH is 1. The molecule has 258 valence electrons.